The van der Waals surface area contributed by atoms with Crippen LogP contribution in [0.4, 0.5) is 0 Å². The van der Waals surface area contributed by atoms with Crippen LogP contribution in [0.1, 0.15) is 168 Å². The first-order chi connectivity index (χ1) is 21.8. The number of carbonyl (C=O) groups is 2. The molecule has 3 aliphatic rings. The molecule has 8 heteroatoms. The second kappa shape index (κ2) is 21.7. The Labute approximate surface area is 273 Å². The van der Waals surface area contributed by atoms with E-state index in [4.69, 9.17) is 14.2 Å². The van der Waals surface area contributed by atoms with Crippen molar-refractivity contribution < 1.29 is 39.1 Å². The smallest absolute Gasteiger partial charge is 0.309 e. The third-order valence-electron chi connectivity index (χ3n) is 10.4. The molecule has 0 bridgehead atoms. The first-order valence-electron chi connectivity index (χ1n) is 18.8. The molecule has 0 saturated carbocycles. The zero-order valence-corrected chi connectivity index (χ0v) is 28.5. The maximum atomic E-state index is 11.9. The molecule has 0 aromatic rings. The van der Waals surface area contributed by atoms with Crippen LogP contribution in [0.25, 0.3) is 0 Å². The van der Waals surface area contributed by atoms with E-state index in [-0.39, 0.29) is 48.2 Å². The van der Waals surface area contributed by atoms with Gasteiger partial charge in [-0.05, 0) is 77.6 Å². The molecule has 3 fully saturated rings. The number of esters is 1. The van der Waals surface area contributed by atoms with Crippen LogP contribution in [-0.4, -0.2) is 75.9 Å². The van der Waals surface area contributed by atoms with Gasteiger partial charge in [0.15, 0.2) is 0 Å². The van der Waals surface area contributed by atoms with Crippen LogP contribution in [-0.2, 0) is 23.8 Å². The van der Waals surface area contributed by atoms with Gasteiger partial charge in [0.05, 0.1) is 48.6 Å². The lowest BCUT2D eigenvalue weighted by Gasteiger charge is -2.24. The van der Waals surface area contributed by atoms with Crippen molar-refractivity contribution in [2.45, 2.75) is 217 Å². The van der Waals surface area contributed by atoms with Crippen LogP contribution < -0.4 is 0 Å². The van der Waals surface area contributed by atoms with E-state index in [2.05, 4.69) is 6.92 Å². The number of aliphatic hydroxyl groups excluding tert-OH is 3. The van der Waals surface area contributed by atoms with Gasteiger partial charge >= 0.3 is 5.97 Å². The molecule has 8 nitrogen and oxygen atoms in total. The number of rotatable bonds is 25. The molecule has 45 heavy (non-hydrogen) atoms. The van der Waals surface area contributed by atoms with Crippen molar-refractivity contribution in [1.82, 2.24) is 0 Å². The molecule has 3 aliphatic heterocycles. The third-order valence-corrected chi connectivity index (χ3v) is 10.4. The average Bonchev–Trinajstić information content (AvgIpc) is 3.77. The average molecular weight is 639 g/mol. The first kappa shape index (κ1) is 38.4. The minimum Gasteiger partial charge on any atom is -0.462 e. The first-order valence-corrected chi connectivity index (χ1v) is 18.8. The van der Waals surface area contributed by atoms with E-state index in [9.17, 15) is 24.9 Å². The van der Waals surface area contributed by atoms with Crippen molar-refractivity contribution in [1.29, 1.82) is 0 Å². The lowest BCUT2D eigenvalue weighted by molar-refractivity contribution is -0.145. The van der Waals surface area contributed by atoms with Crippen LogP contribution in [0, 0.1) is 5.92 Å². The van der Waals surface area contributed by atoms with Crippen molar-refractivity contribution in [2.24, 2.45) is 5.92 Å². The third kappa shape index (κ3) is 14.7. The molecule has 3 saturated heterocycles. The van der Waals surface area contributed by atoms with Crippen LogP contribution in [0.5, 0.6) is 0 Å². The van der Waals surface area contributed by atoms with Crippen LogP contribution in [0.2, 0.25) is 0 Å². The second-order valence-corrected chi connectivity index (χ2v) is 14.4. The minimum atomic E-state index is -0.625. The van der Waals surface area contributed by atoms with E-state index < -0.39 is 18.3 Å². The predicted octanol–water partition coefficient (Wildman–Crippen LogP) is 7.12. The molecule has 0 aromatic heterocycles. The number of unbranched alkanes of at least 4 members (excludes halogenated alkanes) is 11. The van der Waals surface area contributed by atoms with Crippen LogP contribution in [0.3, 0.4) is 0 Å². The highest BCUT2D eigenvalue weighted by Crippen LogP contribution is 2.31. The number of ether oxygens (including phenoxy) is 3. The molecule has 3 rings (SSSR count). The summed E-state index contributed by atoms with van der Waals surface area (Å²) in [4.78, 5) is 23.2. The number of ketones is 1. The van der Waals surface area contributed by atoms with Crippen LogP contribution in [0.15, 0.2) is 0 Å². The summed E-state index contributed by atoms with van der Waals surface area (Å²) in [6.07, 6.45) is 21.5. The van der Waals surface area contributed by atoms with E-state index in [0.29, 0.717) is 25.7 Å². The summed E-state index contributed by atoms with van der Waals surface area (Å²) in [5.41, 5.74) is 0. The summed E-state index contributed by atoms with van der Waals surface area (Å²) in [5, 5.41) is 32.1. The Morgan fingerprint density at radius 2 is 1.16 bits per heavy atom. The Morgan fingerprint density at radius 3 is 1.76 bits per heavy atom. The molecule has 9 atom stereocenters. The summed E-state index contributed by atoms with van der Waals surface area (Å²) < 4.78 is 17.7. The zero-order valence-electron chi connectivity index (χ0n) is 28.5. The molecule has 0 aromatic carbocycles. The second-order valence-electron chi connectivity index (χ2n) is 14.4. The normalized spacial score (nSPS) is 28.8. The molecule has 0 aliphatic carbocycles. The Bertz CT molecular complexity index is 820. The number of hydrogen-bond acceptors (Lipinski definition) is 8. The number of Topliss-reactive ketones (excluding diaryl/α,β-unsaturated/α-hetero) is 1. The Hall–Kier alpha value is -1.06. The van der Waals surface area contributed by atoms with Gasteiger partial charge in [-0.25, -0.2) is 0 Å². The zero-order chi connectivity index (χ0) is 32.4. The number of cyclic esters (lactones) is 1. The lowest BCUT2D eigenvalue weighted by Crippen LogP contribution is -2.33. The number of carbonyl (C=O) groups excluding carboxylic acids is 2. The van der Waals surface area contributed by atoms with Gasteiger partial charge < -0.3 is 34.3 Å². The summed E-state index contributed by atoms with van der Waals surface area (Å²) in [6.45, 7) is 3.77. The maximum Gasteiger partial charge on any atom is 0.309 e. The van der Waals surface area contributed by atoms with Crippen molar-refractivity contribution in [2.75, 3.05) is 0 Å². The Morgan fingerprint density at radius 1 is 0.667 bits per heavy atom. The molecule has 3 heterocycles. The van der Waals surface area contributed by atoms with Gasteiger partial charge in [-0.1, -0.05) is 84.0 Å². The number of aliphatic hydroxyl groups is 3. The summed E-state index contributed by atoms with van der Waals surface area (Å²) in [6, 6.07) is 0. The van der Waals surface area contributed by atoms with Gasteiger partial charge in [-0.3, -0.25) is 4.79 Å². The molecule has 3 N–H and O–H groups in total. The SMILES string of the molecule is CCCCCCCCCC[C@H](O)[C@H]1CC[C@H]([C@H](O)CC[C@H](O)[C@@H]2CCC(CCCCCCC[C@H]3C[C@@H](CC(C)=O)C(=O)O3)O2)O1. The van der Waals surface area contributed by atoms with Crippen molar-refractivity contribution in [3.05, 3.63) is 0 Å². The molecule has 0 radical (unpaired) electrons. The van der Waals surface area contributed by atoms with Gasteiger partial charge in [-0.15, -0.1) is 0 Å². The highest BCUT2D eigenvalue weighted by atomic mass is 16.6. The quantitative estimate of drug-likeness (QED) is 0.0714. The predicted molar refractivity (Wildman–Crippen MR) is 176 cm³/mol. The molecular weight excluding hydrogens is 572 g/mol. The van der Waals surface area contributed by atoms with Gasteiger partial charge in [0.25, 0.3) is 0 Å². The van der Waals surface area contributed by atoms with E-state index in [1.165, 1.54) is 45.4 Å². The van der Waals surface area contributed by atoms with E-state index in [0.717, 1.165) is 89.9 Å². The van der Waals surface area contributed by atoms with Crippen molar-refractivity contribution >= 4 is 11.8 Å². The molecule has 0 amide bonds. The summed E-state index contributed by atoms with van der Waals surface area (Å²) in [5.74, 6) is -0.398. The Kier molecular flexibility index (Phi) is 18.5. The lowest BCUT2D eigenvalue weighted by atomic mass is 9.96. The molecule has 262 valence electrons. The highest BCUT2D eigenvalue weighted by molar-refractivity contribution is 5.83. The highest BCUT2D eigenvalue weighted by Gasteiger charge is 2.36. The van der Waals surface area contributed by atoms with Gasteiger partial charge in [0.1, 0.15) is 11.9 Å². The van der Waals surface area contributed by atoms with Gasteiger partial charge in [0, 0.05) is 6.42 Å². The topological polar surface area (TPSA) is 123 Å². The maximum absolute atomic E-state index is 11.9. The molecular formula is C37H66O8. The van der Waals surface area contributed by atoms with Crippen molar-refractivity contribution in [3.8, 4) is 0 Å². The fraction of sp³-hybridized carbons (Fsp3) is 0.946. The summed E-state index contributed by atoms with van der Waals surface area (Å²) >= 11 is 0. The number of hydrogen-bond donors (Lipinski definition) is 3. The van der Waals surface area contributed by atoms with E-state index in [1.807, 2.05) is 0 Å². The van der Waals surface area contributed by atoms with E-state index in [1.54, 1.807) is 0 Å². The van der Waals surface area contributed by atoms with Gasteiger partial charge in [-0.2, -0.15) is 0 Å². The largest absolute Gasteiger partial charge is 0.462 e. The Balaban J connectivity index is 1.16. The fourth-order valence-corrected chi connectivity index (χ4v) is 7.56. The van der Waals surface area contributed by atoms with Crippen LogP contribution >= 0.6 is 0 Å². The molecule has 0 spiro atoms. The molecule has 1 unspecified atom stereocenters. The minimum absolute atomic E-state index is 0.0249. The fourth-order valence-electron chi connectivity index (χ4n) is 7.56. The standard InChI is InChI=1S/C37H66O8/c1-3-4-5-6-7-8-12-15-18-31(39)35-23-24-36(45-35)33(41)21-20-32(40)34-22-19-29(43-34)16-13-10-9-11-14-17-30-26-28(25-27(2)38)37(42)44-30/h28-36,39-41H,3-26H2,1-2H3/t28-,29?,30+,31+,32+,33-,34+,35-,36-/m1/s1. The van der Waals surface area contributed by atoms with Gasteiger partial charge in [0.2, 0.25) is 0 Å². The summed E-state index contributed by atoms with van der Waals surface area (Å²) in [7, 11) is 0. The van der Waals surface area contributed by atoms with E-state index >= 15 is 0 Å². The van der Waals surface area contributed by atoms with Crippen molar-refractivity contribution in [3.63, 3.8) is 0 Å². The monoisotopic (exact) mass is 638 g/mol.